The van der Waals surface area contributed by atoms with Gasteiger partial charge >= 0.3 is 5.97 Å². The molecular formula is C10H13BrO2. The first-order valence-electron chi connectivity index (χ1n) is 4.39. The molecular weight excluding hydrogens is 232 g/mol. The molecule has 0 heterocycles. The van der Waals surface area contributed by atoms with Crippen LogP contribution in [0, 0.1) is 5.92 Å². The van der Waals surface area contributed by atoms with Crippen LogP contribution in [0.15, 0.2) is 24.3 Å². The van der Waals surface area contributed by atoms with Crippen molar-refractivity contribution in [3.63, 3.8) is 0 Å². The first-order chi connectivity index (χ1) is 6.25. The summed E-state index contributed by atoms with van der Waals surface area (Å²) in [5.41, 5.74) is 0. The van der Waals surface area contributed by atoms with Gasteiger partial charge < -0.3 is 4.74 Å². The highest BCUT2D eigenvalue weighted by Gasteiger charge is 2.24. The number of halogens is 1. The molecule has 0 fully saturated rings. The topological polar surface area (TPSA) is 26.3 Å². The van der Waals surface area contributed by atoms with E-state index in [0.29, 0.717) is 6.61 Å². The standard InChI is InChI=1S/C10H13BrO2/c1-2-13-10(12)9(11)8-6-4-3-5-7-8/h3-6,8-9H,2,7H2,1H3. The molecule has 3 heteroatoms. The van der Waals surface area contributed by atoms with Gasteiger partial charge in [-0.15, -0.1) is 0 Å². The second-order valence-corrected chi connectivity index (χ2v) is 3.85. The van der Waals surface area contributed by atoms with Crippen LogP contribution in [0.2, 0.25) is 0 Å². The molecule has 0 bridgehead atoms. The number of rotatable bonds is 3. The molecule has 0 aromatic rings. The lowest BCUT2D eigenvalue weighted by Crippen LogP contribution is -2.25. The van der Waals surface area contributed by atoms with Crippen molar-refractivity contribution in [1.29, 1.82) is 0 Å². The van der Waals surface area contributed by atoms with Gasteiger partial charge in [0.25, 0.3) is 0 Å². The quantitative estimate of drug-likeness (QED) is 0.564. The SMILES string of the molecule is CCOC(=O)C(Br)C1C=CC=CC1. The highest BCUT2D eigenvalue weighted by atomic mass is 79.9. The van der Waals surface area contributed by atoms with E-state index in [1.54, 1.807) is 0 Å². The summed E-state index contributed by atoms with van der Waals surface area (Å²) < 4.78 is 4.91. The van der Waals surface area contributed by atoms with E-state index >= 15 is 0 Å². The average Bonchev–Trinajstić information content (AvgIpc) is 2.18. The van der Waals surface area contributed by atoms with Gasteiger partial charge in [-0.1, -0.05) is 40.2 Å². The minimum absolute atomic E-state index is 0.174. The Kier molecular flexibility index (Phi) is 4.22. The molecule has 2 atom stereocenters. The van der Waals surface area contributed by atoms with Crippen LogP contribution in [0.5, 0.6) is 0 Å². The zero-order valence-corrected chi connectivity index (χ0v) is 9.16. The monoisotopic (exact) mass is 244 g/mol. The Hall–Kier alpha value is -0.570. The van der Waals surface area contributed by atoms with Gasteiger partial charge in [-0.05, 0) is 13.3 Å². The summed E-state index contributed by atoms with van der Waals surface area (Å²) in [6, 6.07) is 0. The van der Waals surface area contributed by atoms with Crippen molar-refractivity contribution in [2.75, 3.05) is 6.61 Å². The molecule has 1 aliphatic rings. The van der Waals surface area contributed by atoms with E-state index in [1.165, 1.54) is 0 Å². The molecule has 0 saturated carbocycles. The van der Waals surface area contributed by atoms with E-state index in [-0.39, 0.29) is 16.7 Å². The largest absolute Gasteiger partial charge is 0.465 e. The second kappa shape index (κ2) is 5.22. The van der Waals surface area contributed by atoms with Gasteiger partial charge in [0.1, 0.15) is 4.83 Å². The summed E-state index contributed by atoms with van der Waals surface area (Å²) in [5.74, 6) is 0.0523. The van der Waals surface area contributed by atoms with Gasteiger partial charge in [0.15, 0.2) is 0 Å². The third-order valence-corrected chi connectivity index (χ3v) is 2.95. The molecule has 0 aromatic carbocycles. The fourth-order valence-electron chi connectivity index (χ4n) is 1.21. The van der Waals surface area contributed by atoms with Crippen LogP contribution in [0.3, 0.4) is 0 Å². The van der Waals surface area contributed by atoms with E-state index < -0.39 is 0 Å². The number of alkyl halides is 1. The van der Waals surface area contributed by atoms with E-state index in [4.69, 9.17) is 4.74 Å². The van der Waals surface area contributed by atoms with E-state index in [2.05, 4.69) is 22.0 Å². The third kappa shape index (κ3) is 2.99. The summed E-state index contributed by atoms with van der Waals surface area (Å²) in [5, 5.41) is 0. The Morgan fingerprint density at radius 1 is 1.69 bits per heavy atom. The summed E-state index contributed by atoms with van der Waals surface area (Å²) in [6.45, 7) is 2.25. The van der Waals surface area contributed by atoms with Crippen molar-refractivity contribution >= 4 is 21.9 Å². The molecule has 1 rings (SSSR count). The van der Waals surface area contributed by atoms with Crippen LogP contribution in [0.1, 0.15) is 13.3 Å². The smallest absolute Gasteiger partial charge is 0.320 e. The molecule has 1 aliphatic carbocycles. The second-order valence-electron chi connectivity index (χ2n) is 2.87. The summed E-state index contributed by atoms with van der Waals surface area (Å²) in [7, 11) is 0. The number of hydrogen-bond acceptors (Lipinski definition) is 2. The highest BCUT2D eigenvalue weighted by molar-refractivity contribution is 9.10. The van der Waals surface area contributed by atoms with Gasteiger partial charge in [-0.25, -0.2) is 0 Å². The van der Waals surface area contributed by atoms with Crippen molar-refractivity contribution in [3.8, 4) is 0 Å². The van der Waals surface area contributed by atoms with Gasteiger partial charge in [0.05, 0.1) is 6.61 Å². The van der Waals surface area contributed by atoms with E-state index in [9.17, 15) is 4.79 Å². The number of carbonyl (C=O) groups excluding carboxylic acids is 1. The molecule has 0 radical (unpaired) electrons. The van der Waals surface area contributed by atoms with Crippen molar-refractivity contribution in [3.05, 3.63) is 24.3 Å². The van der Waals surface area contributed by atoms with Crippen molar-refractivity contribution < 1.29 is 9.53 Å². The molecule has 0 spiro atoms. The minimum atomic E-state index is -0.214. The maximum Gasteiger partial charge on any atom is 0.320 e. The molecule has 72 valence electrons. The fraction of sp³-hybridized carbons (Fsp3) is 0.500. The Balaban J connectivity index is 2.47. The Morgan fingerprint density at radius 2 is 2.46 bits per heavy atom. The van der Waals surface area contributed by atoms with Gasteiger partial charge in [0, 0.05) is 5.92 Å². The third-order valence-electron chi connectivity index (χ3n) is 1.90. The van der Waals surface area contributed by atoms with E-state index in [1.807, 2.05) is 25.2 Å². The molecule has 0 amide bonds. The number of hydrogen-bond donors (Lipinski definition) is 0. The van der Waals surface area contributed by atoms with Crippen LogP contribution in [0.25, 0.3) is 0 Å². The van der Waals surface area contributed by atoms with Gasteiger partial charge in [-0.2, -0.15) is 0 Å². The van der Waals surface area contributed by atoms with Gasteiger partial charge in [-0.3, -0.25) is 4.79 Å². The number of esters is 1. The van der Waals surface area contributed by atoms with E-state index in [0.717, 1.165) is 6.42 Å². The Morgan fingerprint density at radius 3 is 3.00 bits per heavy atom. The van der Waals surface area contributed by atoms with Crippen molar-refractivity contribution in [2.24, 2.45) is 5.92 Å². The molecule has 0 aromatic heterocycles. The summed E-state index contributed by atoms with van der Waals surface area (Å²) >= 11 is 3.35. The van der Waals surface area contributed by atoms with Crippen LogP contribution >= 0.6 is 15.9 Å². The summed E-state index contributed by atoms with van der Waals surface area (Å²) in [6.07, 6.45) is 8.92. The first kappa shape index (κ1) is 10.5. The molecule has 2 nitrogen and oxygen atoms in total. The zero-order chi connectivity index (χ0) is 9.68. The first-order valence-corrected chi connectivity index (χ1v) is 5.31. The summed E-state index contributed by atoms with van der Waals surface area (Å²) in [4.78, 5) is 11.1. The van der Waals surface area contributed by atoms with Crippen molar-refractivity contribution in [2.45, 2.75) is 18.2 Å². The Bertz CT molecular complexity index is 233. The number of allylic oxidation sites excluding steroid dienone is 4. The number of carbonyl (C=O) groups is 1. The van der Waals surface area contributed by atoms with Crippen LogP contribution in [0.4, 0.5) is 0 Å². The molecule has 0 saturated heterocycles. The van der Waals surface area contributed by atoms with Crippen LogP contribution in [-0.4, -0.2) is 17.4 Å². The molecule has 13 heavy (non-hydrogen) atoms. The molecule has 0 N–H and O–H groups in total. The van der Waals surface area contributed by atoms with Crippen LogP contribution < -0.4 is 0 Å². The van der Waals surface area contributed by atoms with Gasteiger partial charge in [0.2, 0.25) is 0 Å². The maximum absolute atomic E-state index is 11.3. The normalized spacial score (nSPS) is 22.8. The predicted octanol–water partition coefficient (Wildman–Crippen LogP) is 2.45. The fourth-order valence-corrected chi connectivity index (χ4v) is 1.74. The van der Waals surface area contributed by atoms with Crippen molar-refractivity contribution in [1.82, 2.24) is 0 Å². The lowest BCUT2D eigenvalue weighted by Gasteiger charge is -2.17. The lowest BCUT2D eigenvalue weighted by molar-refractivity contribution is -0.142. The highest BCUT2D eigenvalue weighted by Crippen LogP contribution is 2.22. The molecule has 2 unspecified atom stereocenters. The molecule has 0 aliphatic heterocycles. The average molecular weight is 245 g/mol. The zero-order valence-electron chi connectivity index (χ0n) is 7.57. The Labute approximate surface area is 86.8 Å². The predicted molar refractivity (Wildman–Crippen MR) is 55.7 cm³/mol. The number of ether oxygens (including phenoxy) is 1. The minimum Gasteiger partial charge on any atom is -0.465 e. The van der Waals surface area contributed by atoms with Crippen LogP contribution in [-0.2, 0) is 9.53 Å². The maximum atomic E-state index is 11.3. The lowest BCUT2D eigenvalue weighted by atomic mass is 9.97.